The number of carbonyl (C=O) groups is 3. The van der Waals surface area contributed by atoms with E-state index in [1.807, 2.05) is 0 Å². The van der Waals surface area contributed by atoms with Gasteiger partial charge in [0.1, 0.15) is 5.54 Å². The lowest BCUT2D eigenvalue weighted by Gasteiger charge is -2.28. The highest BCUT2D eigenvalue weighted by Gasteiger charge is 2.51. The molecule has 1 aliphatic heterocycles. The molecule has 1 aliphatic rings. The Morgan fingerprint density at radius 1 is 1.57 bits per heavy atom. The fraction of sp³-hybridized carbons (Fsp3) is 0.667. The van der Waals surface area contributed by atoms with Gasteiger partial charge in [0.05, 0.1) is 13.0 Å². The van der Waals surface area contributed by atoms with Crippen molar-refractivity contribution in [1.29, 1.82) is 0 Å². The lowest BCUT2D eigenvalue weighted by atomic mass is 9.99. The molecule has 14 heavy (non-hydrogen) atoms. The molecule has 0 spiro atoms. The maximum atomic E-state index is 11.5. The Balaban J connectivity index is 2.91. The normalized spacial score (nSPS) is 26.9. The number of carbonyl (C=O) groups excluding carboxylic acids is 3. The predicted octanol–water partition coefficient (Wildman–Crippen LogP) is -0.261. The summed E-state index contributed by atoms with van der Waals surface area (Å²) in [6.07, 6.45) is -0.0961. The van der Waals surface area contributed by atoms with Crippen molar-refractivity contribution in [3.8, 4) is 0 Å². The van der Waals surface area contributed by atoms with Gasteiger partial charge in [0.15, 0.2) is 0 Å². The highest BCUT2D eigenvalue weighted by molar-refractivity contribution is 6.39. The predicted molar refractivity (Wildman–Crippen MR) is 47.4 cm³/mol. The second kappa shape index (κ2) is 3.40. The van der Waals surface area contributed by atoms with Crippen molar-refractivity contribution >= 4 is 17.7 Å². The van der Waals surface area contributed by atoms with E-state index in [-0.39, 0.29) is 13.0 Å². The molecule has 0 aliphatic carbocycles. The third-order valence-electron chi connectivity index (χ3n) is 2.50. The zero-order chi connectivity index (χ0) is 10.9. The van der Waals surface area contributed by atoms with Crippen LogP contribution < -0.4 is 0 Å². The Kier molecular flexibility index (Phi) is 2.59. The van der Waals surface area contributed by atoms with Crippen molar-refractivity contribution in [2.45, 2.75) is 25.8 Å². The van der Waals surface area contributed by atoms with Gasteiger partial charge in [0.25, 0.3) is 5.91 Å². The summed E-state index contributed by atoms with van der Waals surface area (Å²) in [5.74, 6) is -1.69. The molecule has 0 saturated carbocycles. The number of hydrogen-bond acceptors (Lipinski definition) is 4. The highest BCUT2D eigenvalue weighted by atomic mass is 16.5. The fourth-order valence-electron chi connectivity index (χ4n) is 1.41. The van der Waals surface area contributed by atoms with Crippen molar-refractivity contribution in [3.63, 3.8) is 0 Å². The molecule has 5 nitrogen and oxygen atoms in total. The van der Waals surface area contributed by atoms with Gasteiger partial charge in [0, 0.05) is 7.05 Å². The zero-order valence-corrected chi connectivity index (χ0v) is 8.49. The highest BCUT2D eigenvalue weighted by Crippen LogP contribution is 2.27. The molecule has 1 heterocycles. The molecule has 0 aromatic rings. The quantitative estimate of drug-likeness (QED) is 0.454. The maximum Gasteiger partial charge on any atom is 0.332 e. The van der Waals surface area contributed by atoms with Crippen molar-refractivity contribution in [1.82, 2.24) is 4.90 Å². The van der Waals surface area contributed by atoms with Crippen LogP contribution in [0.5, 0.6) is 0 Å². The van der Waals surface area contributed by atoms with E-state index in [0.29, 0.717) is 0 Å². The van der Waals surface area contributed by atoms with Gasteiger partial charge in [-0.1, -0.05) is 0 Å². The second-order valence-electron chi connectivity index (χ2n) is 3.46. The maximum absolute atomic E-state index is 11.5. The van der Waals surface area contributed by atoms with Gasteiger partial charge in [-0.05, 0) is 13.8 Å². The molecule has 1 saturated heterocycles. The van der Waals surface area contributed by atoms with Crippen LogP contribution in [-0.4, -0.2) is 41.8 Å². The third kappa shape index (κ3) is 1.38. The van der Waals surface area contributed by atoms with Crippen molar-refractivity contribution in [2.75, 3.05) is 13.7 Å². The van der Waals surface area contributed by atoms with Crippen molar-refractivity contribution < 1.29 is 19.1 Å². The van der Waals surface area contributed by atoms with Crippen LogP contribution >= 0.6 is 0 Å². The van der Waals surface area contributed by atoms with Gasteiger partial charge >= 0.3 is 5.97 Å². The lowest BCUT2D eigenvalue weighted by Crippen LogP contribution is -2.48. The van der Waals surface area contributed by atoms with Gasteiger partial charge in [-0.25, -0.2) is 4.79 Å². The molecule has 0 aromatic carbocycles. The summed E-state index contributed by atoms with van der Waals surface area (Å²) in [6.45, 7) is 3.46. The summed E-state index contributed by atoms with van der Waals surface area (Å²) >= 11 is 0. The van der Waals surface area contributed by atoms with Gasteiger partial charge in [0.2, 0.25) is 5.78 Å². The van der Waals surface area contributed by atoms with E-state index in [1.165, 1.54) is 14.0 Å². The van der Waals surface area contributed by atoms with E-state index in [9.17, 15) is 14.4 Å². The van der Waals surface area contributed by atoms with Crippen LogP contribution in [0.3, 0.4) is 0 Å². The number of likely N-dealkylation sites (tertiary alicyclic amines) is 1. The number of esters is 1. The van der Waals surface area contributed by atoms with E-state index in [1.54, 1.807) is 6.92 Å². The van der Waals surface area contributed by atoms with E-state index in [2.05, 4.69) is 0 Å². The van der Waals surface area contributed by atoms with Crippen LogP contribution in [0.1, 0.15) is 20.3 Å². The van der Waals surface area contributed by atoms with E-state index < -0.39 is 23.2 Å². The Morgan fingerprint density at radius 2 is 2.14 bits per heavy atom. The molecule has 1 amide bonds. The second-order valence-corrected chi connectivity index (χ2v) is 3.46. The Hall–Kier alpha value is -1.39. The van der Waals surface area contributed by atoms with Crippen LogP contribution in [0, 0.1) is 0 Å². The zero-order valence-electron chi connectivity index (χ0n) is 8.49. The number of likely N-dealkylation sites (N-methyl/N-ethyl adjacent to an activating group) is 1. The molecule has 0 bridgehead atoms. The summed E-state index contributed by atoms with van der Waals surface area (Å²) in [7, 11) is 1.43. The van der Waals surface area contributed by atoms with Crippen LogP contribution in [-0.2, 0) is 19.1 Å². The number of nitrogens with zero attached hydrogens (tertiary/aromatic N) is 1. The van der Waals surface area contributed by atoms with Crippen molar-refractivity contribution in [2.24, 2.45) is 0 Å². The lowest BCUT2D eigenvalue weighted by molar-refractivity contribution is -0.157. The van der Waals surface area contributed by atoms with Gasteiger partial charge < -0.3 is 9.64 Å². The number of amides is 1. The minimum absolute atomic E-state index is 0.0961. The minimum Gasteiger partial charge on any atom is -0.464 e. The SMILES string of the molecule is CCOC(=O)C1(C)CC(=O)C(=O)N1C. The van der Waals surface area contributed by atoms with Crippen LogP contribution in [0.25, 0.3) is 0 Å². The molecular weight excluding hydrogens is 186 g/mol. The van der Waals surface area contributed by atoms with E-state index in [4.69, 9.17) is 4.74 Å². The third-order valence-corrected chi connectivity index (χ3v) is 2.50. The van der Waals surface area contributed by atoms with Gasteiger partial charge in [-0.15, -0.1) is 0 Å². The van der Waals surface area contributed by atoms with Gasteiger partial charge in [-0.3, -0.25) is 9.59 Å². The summed E-state index contributed by atoms with van der Waals surface area (Å²) in [6, 6.07) is 0. The number of ketones is 1. The topological polar surface area (TPSA) is 63.7 Å². The first-order valence-electron chi connectivity index (χ1n) is 4.41. The number of ether oxygens (including phenoxy) is 1. The molecule has 1 atom stereocenters. The average molecular weight is 199 g/mol. The number of rotatable bonds is 2. The van der Waals surface area contributed by atoms with Crippen LogP contribution in [0.2, 0.25) is 0 Å². The van der Waals surface area contributed by atoms with Crippen LogP contribution in [0.4, 0.5) is 0 Å². The average Bonchev–Trinajstić information content (AvgIpc) is 2.32. The van der Waals surface area contributed by atoms with Gasteiger partial charge in [-0.2, -0.15) is 0 Å². The summed E-state index contributed by atoms with van der Waals surface area (Å²) in [4.78, 5) is 35.0. The Labute approximate surface area is 82.0 Å². The molecule has 78 valence electrons. The smallest absolute Gasteiger partial charge is 0.332 e. The largest absolute Gasteiger partial charge is 0.464 e. The van der Waals surface area contributed by atoms with E-state index in [0.717, 1.165) is 4.90 Å². The molecule has 1 unspecified atom stereocenters. The Morgan fingerprint density at radius 3 is 2.50 bits per heavy atom. The summed E-state index contributed by atoms with van der Waals surface area (Å²) < 4.78 is 4.81. The molecule has 5 heteroatoms. The molecule has 0 radical (unpaired) electrons. The molecule has 0 N–H and O–H groups in total. The van der Waals surface area contributed by atoms with E-state index >= 15 is 0 Å². The molecular formula is C9H13NO4. The fourth-order valence-corrected chi connectivity index (χ4v) is 1.41. The monoisotopic (exact) mass is 199 g/mol. The summed E-state index contributed by atoms with van der Waals surface area (Å²) in [5, 5.41) is 0. The molecule has 0 aromatic heterocycles. The standard InChI is InChI=1S/C9H13NO4/c1-4-14-8(13)9(2)5-6(11)7(12)10(9)3/h4-5H2,1-3H3. The first kappa shape index (κ1) is 10.7. The van der Waals surface area contributed by atoms with Crippen LogP contribution in [0.15, 0.2) is 0 Å². The first-order valence-corrected chi connectivity index (χ1v) is 4.41. The first-order chi connectivity index (χ1) is 6.43. The minimum atomic E-state index is -1.12. The number of hydrogen-bond donors (Lipinski definition) is 0. The van der Waals surface area contributed by atoms with Crippen molar-refractivity contribution in [3.05, 3.63) is 0 Å². The number of Topliss-reactive ketones (excluding diaryl/α,β-unsaturated/α-hetero) is 1. The Bertz CT molecular complexity index is 299. The summed E-state index contributed by atoms with van der Waals surface area (Å²) in [5.41, 5.74) is -1.12. The molecule has 1 rings (SSSR count). The molecule has 1 fully saturated rings.